The molecule has 1 atom stereocenters. The molecule has 26 heavy (non-hydrogen) atoms. The normalized spacial score (nSPS) is 16.9. The molecule has 0 aliphatic carbocycles. The van der Waals surface area contributed by atoms with Crippen molar-refractivity contribution in [3.05, 3.63) is 35.4 Å². The van der Waals surface area contributed by atoms with Crippen molar-refractivity contribution in [2.45, 2.75) is 26.3 Å². The first-order valence-electron chi connectivity index (χ1n) is 8.87. The molecule has 2 rings (SSSR count). The third-order valence-electron chi connectivity index (χ3n) is 4.52. The summed E-state index contributed by atoms with van der Waals surface area (Å²) in [6.07, 6.45) is 2.42. The standard InChI is InChI=1S/C19H27N3O2S2/c1-14-5-4-10-22(11-14)19(25)26-13-17(23)21(3)12-15-6-8-16(9-7-15)18(24)20-2/h6-9,14H,4-5,10-13H2,1-3H3,(H,20,24)/t14-/m0/s1. The summed E-state index contributed by atoms with van der Waals surface area (Å²) in [6.45, 7) is 4.75. The largest absolute Gasteiger partial charge is 0.357 e. The first-order chi connectivity index (χ1) is 12.4. The van der Waals surface area contributed by atoms with Crippen molar-refractivity contribution in [3.63, 3.8) is 0 Å². The summed E-state index contributed by atoms with van der Waals surface area (Å²) in [5.41, 5.74) is 1.60. The van der Waals surface area contributed by atoms with E-state index >= 15 is 0 Å². The molecule has 142 valence electrons. The fourth-order valence-electron chi connectivity index (χ4n) is 2.95. The predicted octanol–water partition coefficient (Wildman–Crippen LogP) is 2.75. The molecule has 5 nitrogen and oxygen atoms in total. The lowest BCUT2D eigenvalue weighted by Gasteiger charge is -2.32. The molecule has 0 radical (unpaired) electrons. The summed E-state index contributed by atoms with van der Waals surface area (Å²) in [5.74, 6) is 0.963. The molecule has 0 bridgehead atoms. The topological polar surface area (TPSA) is 52.7 Å². The van der Waals surface area contributed by atoms with Crippen LogP contribution in [0.4, 0.5) is 0 Å². The number of rotatable bonds is 5. The van der Waals surface area contributed by atoms with Crippen molar-refractivity contribution in [2.75, 3.05) is 32.9 Å². The highest BCUT2D eigenvalue weighted by Crippen LogP contribution is 2.20. The average molecular weight is 394 g/mol. The van der Waals surface area contributed by atoms with Crippen molar-refractivity contribution in [1.82, 2.24) is 15.1 Å². The Morgan fingerprint density at radius 1 is 1.35 bits per heavy atom. The molecule has 1 aliphatic heterocycles. The Balaban J connectivity index is 1.80. The monoisotopic (exact) mass is 393 g/mol. The van der Waals surface area contributed by atoms with Gasteiger partial charge in [-0.05, 0) is 36.5 Å². The molecule has 0 unspecified atom stereocenters. The van der Waals surface area contributed by atoms with Gasteiger partial charge in [0.1, 0.15) is 4.32 Å². The number of piperidine rings is 1. The Morgan fingerprint density at radius 3 is 2.65 bits per heavy atom. The Labute approximate surface area is 165 Å². The van der Waals surface area contributed by atoms with E-state index in [1.165, 1.54) is 24.6 Å². The quantitative estimate of drug-likeness (QED) is 0.780. The van der Waals surface area contributed by atoms with E-state index in [4.69, 9.17) is 12.2 Å². The molecule has 0 aromatic heterocycles. The molecule has 1 heterocycles. The van der Waals surface area contributed by atoms with Crippen molar-refractivity contribution < 1.29 is 9.59 Å². The lowest BCUT2D eigenvalue weighted by Crippen LogP contribution is -2.37. The Bertz CT molecular complexity index is 649. The van der Waals surface area contributed by atoms with E-state index in [-0.39, 0.29) is 11.8 Å². The Morgan fingerprint density at radius 2 is 2.04 bits per heavy atom. The van der Waals surface area contributed by atoms with E-state index in [0.717, 1.165) is 23.0 Å². The van der Waals surface area contributed by atoms with Crippen LogP contribution < -0.4 is 5.32 Å². The van der Waals surface area contributed by atoms with Gasteiger partial charge in [-0.3, -0.25) is 9.59 Å². The molecule has 1 saturated heterocycles. The molecular weight excluding hydrogens is 366 g/mol. The number of benzene rings is 1. The van der Waals surface area contributed by atoms with E-state index in [1.807, 2.05) is 12.1 Å². The van der Waals surface area contributed by atoms with Gasteiger partial charge < -0.3 is 15.1 Å². The second kappa shape index (κ2) is 9.92. The fraction of sp³-hybridized carbons (Fsp3) is 0.526. The number of thioether (sulfide) groups is 1. The van der Waals surface area contributed by atoms with Crippen molar-refractivity contribution in [2.24, 2.45) is 5.92 Å². The summed E-state index contributed by atoms with van der Waals surface area (Å²) in [7, 11) is 3.40. The summed E-state index contributed by atoms with van der Waals surface area (Å²) >= 11 is 6.95. The molecule has 1 aliphatic rings. The zero-order chi connectivity index (χ0) is 19.1. The van der Waals surface area contributed by atoms with Gasteiger partial charge in [0.15, 0.2) is 0 Å². The minimum Gasteiger partial charge on any atom is -0.357 e. The van der Waals surface area contributed by atoms with Gasteiger partial charge in [-0.2, -0.15) is 0 Å². The second-order valence-corrected chi connectivity index (χ2v) is 8.38. The van der Waals surface area contributed by atoms with Crippen LogP contribution >= 0.6 is 24.0 Å². The maximum absolute atomic E-state index is 12.4. The van der Waals surface area contributed by atoms with Crippen molar-refractivity contribution in [3.8, 4) is 0 Å². The number of amides is 2. The lowest BCUT2D eigenvalue weighted by molar-refractivity contribution is -0.127. The highest BCUT2D eigenvalue weighted by Gasteiger charge is 2.20. The van der Waals surface area contributed by atoms with Crippen molar-refractivity contribution >= 4 is 40.1 Å². The van der Waals surface area contributed by atoms with Crippen LogP contribution in [0.3, 0.4) is 0 Å². The smallest absolute Gasteiger partial charge is 0.251 e. The van der Waals surface area contributed by atoms with E-state index in [9.17, 15) is 9.59 Å². The van der Waals surface area contributed by atoms with Gasteiger partial charge in [0.25, 0.3) is 5.91 Å². The number of hydrogen-bond donors (Lipinski definition) is 1. The molecule has 1 aromatic carbocycles. The summed E-state index contributed by atoms with van der Waals surface area (Å²) < 4.78 is 0.827. The van der Waals surface area contributed by atoms with E-state index in [0.29, 0.717) is 23.8 Å². The van der Waals surface area contributed by atoms with Gasteiger partial charge in [0.2, 0.25) is 5.91 Å². The van der Waals surface area contributed by atoms with Crippen LogP contribution in [0.1, 0.15) is 35.7 Å². The van der Waals surface area contributed by atoms with Gasteiger partial charge in [-0.15, -0.1) is 0 Å². The summed E-state index contributed by atoms with van der Waals surface area (Å²) in [6, 6.07) is 7.30. The molecular formula is C19H27N3O2S2. The van der Waals surface area contributed by atoms with Crippen molar-refractivity contribution in [1.29, 1.82) is 0 Å². The Kier molecular flexibility index (Phi) is 7.90. The highest BCUT2D eigenvalue weighted by atomic mass is 32.2. The van der Waals surface area contributed by atoms with Crippen LogP contribution in [-0.2, 0) is 11.3 Å². The van der Waals surface area contributed by atoms with E-state index in [1.54, 1.807) is 31.1 Å². The zero-order valence-corrected chi connectivity index (χ0v) is 17.3. The van der Waals surface area contributed by atoms with Gasteiger partial charge in [-0.1, -0.05) is 43.0 Å². The van der Waals surface area contributed by atoms with E-state index < -0.39 is 0 Å². The second-order valence-electron chi connectivity index (χ2n) is 6.77. The maximum Gasteiger partial charge on any atom is 0.251 e. The number of thiocarbonyl (C=S) groups is 1. The summed E-state index contributed by atoms with van der Waals surface area (Å²) in [5, 5.41) is 2.59. The summed E-state index contributed by atoms with van der Waals surface area (Å²) in [4.78, 5) is 27.9. The number of carbonyl (C=O) groups excluding carboxylic acids is 2. The van der Waals surface area contributed by atoms with Crippen LogP contribution in [0, 0.1) is 5.92 Å². The first-order valence-corrected chi connectivity index (χ1v) is 10.3. The number of nitrogens with zero attached hydrogens (tertiary/aromatic N) is 2. The molecule has 0 spiro atoms. The van der Waals surface area contributed by atoms with Gasteiger partial charge in [0.05, 0.1) is 5.75 Å². The van der Waals surface area contributed by atoms with Crippen LogP contribution in [0.5, 0.6) is 0 Å². The molecule has 2 amide bonds. The van der Waals surface area contributed by atoms with Crippen LogP contribution in [0.15, 0.2) is 24.3 Å². The van der Waals surface area contributed by atoms with Gasteiger partial charge in [-0.25, -0.2) is 0 Å². The lowest BCUT2D eigenvalue weighted by atomic mass is 10.0. The fourth-order valence-corrected chi connectivity index (χ4v) is 4.11. The number of hydrogen-bond acceptors (Lipinski definition) is 4. The van der Waals surface area contributed by atoms with Crippen LogP contribution in [0.25, 0.3) is 0 Å². The molecule has 7 heteroatoms. The molecule has 1 N–H and O–H groups in total. The maximum atomic E-state index is 12.4. The third kappa shape index (κ3) is 5.99. The van der Waals surface area contributed by atoms with Gasteiger partial charge >= 0.3 is 0 Å². The molecule has 0 saturated carbocycles. The minimum absolute atomic E-state index is 0.0535. The number of nitrogens with one attached hydrogen (secondary N) is 1. The van der Waals surface area contributed by atoms with Gasteiger partial charge in [0, 0.05) is 39.3 Å². The number of likely N-dealkylation sites (tertiary alicyclic amines) is 1. The average Bonchev–Trinajstić information content (AvgIpc) is 2.65. The van der Waals surface area contributed by atoms with Crippen LogP contribution in [-0.4, -0.2) is 58.9 Å². The first kappa shape index (κ1) is 20.7. The SMILES string of the molecule is CNC(=O)c1ccc(CN(C)C(=O)CSC(=S)N2CCC[C@H](C)C2)cc1. The zero-order valence-electron chi connectivity index (χ0n) is 15.7. The minimum atomic E-state index is -0.113. The predicted molar refractivity (Wildman–Crippen MR) is 111 cm³/mol. The third-order valence-corrected chi connectivity index (χ3v) is 6.03. The molecule has 1 fully saturated rings. The molecule has 1 aromatic rings. The van der Waals surface area contributed by atoms with E-state index in [2.05, 4.69) is 17.1 Å². The van der Waals surface area contributed by atoms with Crippen LogP contribution in [0.2, 0.25) is 0 Å². The Hall–Kier alpha value is -1.60. The number of carbonyl (C=O) groups is 2. The highest BCUT2D eigenvalue weighted by molar-refractivity contribution is 8.23.